The largest absolute Gasteiger partial charge is 0.506 e. The number of amides is 2. The summed E-state index contributed by atoms with van der Waals surface area (Å²) in [5.41, 5.74) is 6.73. The van der Waals surface area contributed by atoms with Crippen LogP contribution in [0, 0.1) is 5.92 Å². The minimum absolute atomic E-state index is 0.0108. The number of benzene rings is 2. The monoisotopic (exact) mass is 875 g/mol. The summed E-state index contributed by atoms with van der Waals surface area (Å²) in [7, 11) is -0.369. The standard InChI is InChI=1S/C46H69N7O8Si/c1-45(2,3)62(5,6)61-40(37-12-13-39(54)42-43(37)58-33-60-49-42)29-47-19-23-50(4)41(55)16-26-57-25-15-34-8-7-9-36(28-34)30-51-21-17-46(18-22-51)32-52(24-27-59-46)44(56)38-14-20-53(48-38)31-35-10-11-35/h7-9,12-14,20,28,35,40,47,49,54H,10-11,15-19,21-27,29-33H2,1-6H3/t40-/m0/s1. The summed E-state index contributed by atoms with van der Waals surface area (Å²) < 4.78 is 26.9. The highest BCUT2D eigenvalue weighted by Crippen LogP contribution is 2.45. The number of hydrogen-bond donors (Lipinski definition) is 3. The van der Waals surface area contributed by atoms with E-state index in [1.807, 2.05) is 35.0 Å². The number of phenolic OH excluding ortho intramolecular Hbond substituents is 1. The second kappa shape index (κ2) is 20.2. The Bertz CT molecular complexity index is 1980. The molecule has 2 aromatic carbocycles. The Kier molecular flexibility index (Phi) is 15.0. The fourth-order valence-corrected chi connectivity index (χ4v) is 9.44. The molecule has 16 heteroatoms. The van der Waals surface area contributed by atoms with Crippen LogP contribution in [0.25, 0.3) is 0 Å². The molecule has 0 unspecified atom stereocenters. The van der Waals surface area contributed by atoms with Crippen molar-refractivity contribution in [2.75, 3.05) is 85.0 Å². The molecule has 340 valence electrons. The summed E-state index contributed by atoms with van der Waals surface area (Å²) in [6.45, 7) is 19.0. The van der Waals surface area contributed by atoms with E-state index in [2.05, 4.69) is 78.9 Å². The highest BCUT2D eigenvalue weighted by Gasteiger charge is 2.42. The van der Waals surface area contributed by atoms with Crippen molar-refractivity contribution in [1.29, 1.82) is 0 Å². The molecule has 4 heterocycles. The molecule has 4 aliphatic rings. The Hall–Kier alpha value is -4.03. The number of fused-ring (bicyclic) bond motifs is 1. The number of nitrogens with zero attached hydrogens (tertiary/aromatic N) is 5. The first-order chi connectivity index (χ1) is 29.7. The fourth-order valence-electron chi connectivity index (χ4n) is 8.17. The van der Waals surface area contributed by atoms with Crippen molar-refractivity contribution in [3.05, 3.63) is 71.0 Å². The van der Waals surface area contributed by atoms with Gasteiger partial charge in [0.15, 0.2) is 14.1 Å². The van der Waals surface area contributed by atoms with Crippen molar-refractivity contribution in [3.63, 3.8) is 0 Å². The zero-order valence-corrected chi connectivity index (χ0v) is 38.7. The van der Waals surface area contributed by atoms with Crippen molar-refractivity contribution in [1.82, 2.24) is 29.8 Å². The lowest BCUT2D eigenvalue weighted by molar-refractivity contribution is -0.131. The zero-order chi connectivity index (χ0) is 43.9. The summed E-state index contributed by atoms with van der Waals surface area (Å²) >= 11 is 0. The van der Waals surface area contributed by atoms with Crippen molar-refractivity contribution in [2.45, 2.75) is 102 Å². The first kappa shape index (κ1) is 46.0. The molecule has 15 nitrogen and oxygen atoms in total. The minimum atomic E-state index is -2.19. The third kappa shape index (κ3) is 11.9. The first-order valence-electron chi connectivity index (χ1n) is 22.5. The number of carbonyl (C=O) groups excluding carboxylic acids is 2. The quantitative estimate of drug-likeness (QED) is 0.0741. The van der Waals surface area contributed by atoms with Gasteiger partial charge in [-0.2, -0.15) is 5.10 Å². The minimum Gasteiger partial charge on any atom is -0.506 e. The first-order valence-corrected chi connectivity index (χ1v) is 25.4. The Morgan fingerprint density at radius 1 is 1.10 bits per heavy atom. The van der Waals surface area contributed by atoms with Gasteiger partial charge in [-0.1, -0.05) is 45.0 Å². The molecule has 2 amide bonds. The maximum Gasteiger partial charge on any atom is 0.274 e. The van der Waals surface area contributed by atoms with Gasteiger partial charge in [-0.05, 0) is 85.5 Å². The van der Waals surface area contributed by atoms with Gasteiger partial charge in [0.25, 0.3) is 5.91 Å². The Balaban J connectivity index is 0.794. The molecule has 62 heavy (non-hydrogen) atoms. The van der Waals surface area contributed by atoms with Gasteiger partial charge >= 0.3 is 0 Å². The molecule has 1 spiro atoms. The SMILES string of the molecule is CN(CCNC[C@H](O[Si](C)(C)C(C)(C)C)c1ccc(O)c2c1OCON2)C(=O)CCOCCc1cccc(CN2CCC3(CC2)CN(C(=O)c2ccn(CC4CC4)n2)CCO3)c1. The van der Waals surface area contributed by atoms with E-state index in [0.29, 0.717) is 82.0 Å². The number of piperidine rings is 1. The molecule has 3 fully saturated rings. The van der Waals surface area contributed by atoms with Crippen molar-refractivity contribution < 1.29 is 38.2 Å². The lowest BCUT2D eigenvalue weighted by atomic mass is 9.89. The van der Waals surface area contributed by atoms with Crippen LogP contribution in [0.4, 0.5) is 5.69 Å². The van der Waals surface area contributed by atoms with Crippen LogP contribution in [0.1, 0.15) is 86.2 Å². The van der Waals surface area contributed by atoms with E-state index in [9.17, 15) is 14.7 Å². The van der Waals surface area contributed by atoms with Gasteiger partial charge in [-0.3, -0.25) is 24.7 Å². The predicted octanol–water partition coefficient (Wildman–Crippen LogP) is 5.96. The molecule has 0 radical (unpaired) electrons. The molecule has 1 aromatic heterocycles. The number of likely N-dealkylation sites (N-methyl/N-ethyl adjacent to an activating group) is 1. The molecular formula is C46H69N7O8Si. The van der Waals surface area contributed by atoms with E-state index < -0.39 is 8.32 Å². The smallest absolute Gasteiger partial charge is 0.274 e. The fraction of sp³-hybridized carbons (Fsp3) is 0.630. The van der Waals surface area contributed by atoms with Gasteiger partial charge in [0.05, 0.1) is 44.5 Å². The number of phenols is 1. The van der Waals surface area contributed by atoms with E-state index in [-0.39, 0.29) is 41.1 Å². The maximum absolute atomic E-state index is 13.4. The Morgan fingerprint density at radius 3 is 2.66 bits per heavy atom. The molecule has 3 aliphatic heterocycles. The van der Waals surface area contributed by atoms with Gasteiger partial charge < -0.3 is 38.9 Å². The number of morpholine rings is 1. The molecule has 1 aliphatic carbocycles. The van der Waals surface area contributed by atoms with Gasteiger partial charge in [-0.15, -0.1) is 0 Å². The van der Waals surface area contributed by atoms with E-state index in [1.54, 1.807) is 11.0 Å². The summed E-state index contributed by atoms with van der Waals surface area (Å²) in [4.78, 5) is 37.7. The van der Waals surface area contributed by atoms with Crippen LogP contribution in [0.5, 0.6) is 11.5 Å². The van der Waals surface area contributed by atoms with Crippen LogP contribution < -0.4 is 15.5 Å². The summed E-state index contributed by atoms with van der Waals surface area (Å²) in [6.07, 6.45) is 7.00. The number of anilines is 1. The second-order valence-electron chi connectivity index (χ2n) is 19.1. The third-order valence-corrected chi connectivity index (χ3v) is 17.8. The van der Waals surface area contributed by atoms with Crippen LogP contribution in [0.2, 0.25) is 18.1 Å². The highest BCUT2D eigenvalue weighted by molar-refractivity contribution is 6.74. The Labute approximate surface area is 368 Å². The van der Waals surface area contributed by atoms with Gasteiger partial charge in [-0.25, -0.2) is 4.84 Å². The van der Waals surface area contributed by atoms with E-state index in [0.717, 1.165) is 51.0 Å². The van der Waals surface area contributed by atoms with Gasteiger partial charge in [0.2, 0.25) is 12.7 Å². The van der Waals surface area contributed by atoms with Crippen LogP contribution >= 0.6 is 0 Å². The Morgan fingerprint density at radius 2 is 1.89 bits per heavy atom. The number of rotatable bonds is 19. The van der Waals surface area contributed by atoms with E-state index >= 15 is 0 Å². The highest BCUT2D eigenvalue weighted by atomic mass is 28.4. The van der Waals surface area contributed by atoms with Crippen LogP contribution in [-0.4, -0.2) is 135 Å². The lowest BCUT2D eigenvalue weighted by Gasteiger charge is -2.47. The number of carbonyl (C=O) groups is 2. The third-order valence-electron chi connectivity index (χ3n) is 13.3. The lowest BCUT2D eigenvalue weighted by Crippen LogP contribution is -2.58. The second-order valence-corrected chi connectivity index (χ2v) is 23.9. The summed E-state index contributed by atoms with van der Waals surface area (Å²) in [5.74, 6) is 1.33. The van der Waals surface area contributed by atoms with Crippen molar-refractivity contribution >= 4 is 25.8 Å². The predicted molar refractivity (Wildman–Crippen MR) is 239 cm³/mol. The number of likely N-dealkylation sites (tertiary alicyclic amines) is 1. The van der Waals surface area contributed by atoms with Gasteiger partial charge in [0, 0.05) is 71.2 Å². The number of nitrogens with one attached hydrogen (secondary N) is 2. The van der Waals surface area contributed by atoms with E-state index in [4.69, 9.17) is 23.5 Å². The van der Waals surface area contributed by atoms with Gasteiger partial charge in [0.1, 0.15) is 17.1 Å². The van der Waals surface area contributed by atoms with Crippen LogP contribution in [0.15, 0.2) is 48.7 Å². The maximum atomic E-state index is 13.4. The number of aromatic nitrogens is 2. The van der Waals surface area contributed by atoms with Crippen LogP contribution in [0.3, 0.4) is 0 Å². The zero-order valence-electron chi connectivity index (χ0n) is 37.7. The van der Waals surface area contributed by atoms with Crippen molar-refractivity contribution in [3.8, 4) is 11.5 Å². The number of hydrogen-bond acceptors (Lipinski definition) is 12. The molecule has 1 saturated carbocycles. The normalized spacial score (nSPS) is 18.5. The van der Waals surface area contributed by atoms with E-state index in [1.165, 1.54) is 24.0 Å². The topological polar surface area (TPSA) is 152 Å². The molecular weight excluding hydrogens is 807 g/mol. The average Bonchev–Trinajstić information content (AvgIpc) is 3.95. The molecule has 7 rings (SSSR count). The summed E-state index contributed by atoms with van der Waals surface area (Å²) in [6, 6.07) is 14.0. The van der Waals surface area contributed by atoms with Crippen LogP contribution in [-0.2, 0) is 43.0 Å². The summed E-state index contributed by atoms with van der Waals surface area (Å²) in [5, 5.41) is 18.5. The number of ether oxygens (including phenoxy) is 3. The molecule has 3 aromatic rings. The average molecular weight is 876 g/mol. The van der Waals surface area contributed by atoms with Crippen molar-refractivity contribution in [2.24, 2.45) is 5.92 Å². The molecule has 2 saturated heterocycles. The molecule has 0 bridgehead atoms. The molecule has 1 atom stereocenters. The molecule has 3 N–H and O–H groups in total. The number of aromatic hydroxyl groups is 1.